The number of hydrogen-bond acceptors (Lipinski definition) is 26. The summed E-state index contributed by atoms with van der Waals surface area (Å²) in [5, 5.41) is 97.7. The number of aromatic nitrogens is 1. The number of guanidine groups is 1. The Labute approximate surface area is 769 Å². The fourth-order valence-corrected chi connectivity index (χ4v) is 14.9. The third kappa shape index (κ3) is 36.2. The molecule has 3 saturated heterocycles. The summed E-state index contributed by atoms with van der Waals surface area (Å²) >= 11 is 0. The number of nitrogens with one attached hydrogen (secondary N) is 18. The summed E-state index contributed by atoms with van der Waals surface area (Å²) in [6.07, 6.45) is -5.29. The van der Waals surface area contributed by atoms with Crippen molar-refractivity contribution < 1.29 is 126 Å². The number of aliphatic carboxylic acids is 3. The van der Waals surface area contributed by atoms with Crippen molar-refractivity contribution in [1.29, 1.82) is 5.41 Å². The molecular formula is C84H124N24O26. The Kier molecular flexibility index (Phi) is 44.2. The molecule has 134 heavy (non-hydrogen) atoms. The van der Waals surface area contributed by atoms with E-state index in [1.54, 1.807) is 30.5 Å². The minimum Gasteiger partial charge on any atom is -0.508 e. The summed E-state index contributed by atoms with van der Waals surface area (Å²) in [6, 6.07) is -9.69. The molecule has 0 radical (unpaired) electrons. The average Bonchev–Trinajstić information content (AvgIpc) is 1.71. The molecule has 15 atom stereocenters. The molecule has 4 heterocycles. The monoisotopic (exact) mass is 1880 g/mol. The number of fused-ring (bicyclic) bond motifs is 3. The number of phenolic OH excluding ortho intramolecular Hbond substituents is 1. The third-order valence-corrected chi connectivity index (χ3v) is 22.2. The molecule has 0 saturated carbocycles. The van der Waals surface area contributed by atoms with E-state index in [9.17, 15) is 126 Å². The number of primary amides is 1. The van der Waals surface area contributed by atoms with Gasteiger partial charge < -0.3 is 148 Å². The predicted octanol–water partition coefficient (Wildman–Crippen LogP) is -8.38. The van der Waals surface area contributed by atoms with Crippen molar-refractivity contribution in [3.8, 4) is 5.75 Å². The largest absolute Gasteiger partial charge is 0.508 e. The van der Waals surface area contributed by atoms with Gasteiger partial charge in [-0.15, -0.1) is 0 Å². The van der Waals surface area contributed by atoms with Gasteiger partial charge in [0.15, 0.2) is 5.96 Å². The van der Waals surface area contributed by atoms with Crippen molar-refractivity contribution in [2.45, 2.75) is 253 Å². The van der Waals surface area contributed by atoms with Crippen LogP contribution in [0.3, 0.4) is 0 Å². The Bertz CT molecular complexity index is 4710. The number of carbonyl (C=O) groups is 21. The van der Waals surface area contributed by atoms with E-state index in [1.807, 2.05) is 0 Å². The van der Waals surface area contributed by atoms with Crippen LogP contribution in [0.1, 0.15) is 160 Å². The fraction of sp³-hybridized carbons (Fsp3) is 0.571. The standard InChI is InChI=1S/C84H124N24O26/c1-43-70(121)99-55(26-30-67(117)118)75(126)97-44(2)71(122)103-57(16-6-8-32-85)82(133)107-35-11-18-60(107)81(132)105-59(38-47-39-92-51-15-5-4-13-49(47)51)79(130)104-58(37-46-20-22-48(110)23-21-46)74(125)94-40-63(112)90-33-9-7-14-50(86)72(123)93-42-65(114)98-54(24-28-62(87)111)77(128)100-52(17-10-34-91-84(88)89)76(127)101-56(27-31-68(119)120)78(129)106-69(45(3)109)83(134)108-36-12-19-61(108)80(131)102-53(25-29-66(115)116)73(124)95-41-64(113)96-43/h4-5,13,15,20-23,39,43-45,50,52-61,69,92,109-110H,6-12,14,16-19,24-38,40-42,85-86H2,1-3H3,(H2,87,111)(H,90,112)(H,93,123)(H,94,125)(H,95,124)(H,96,113)(H,97,126)(H,98,114)(H,99,121)(H,100,128)(H,101,127)(H,102,131)(H,103,122)(H,104,130)(H,105,132)(H,106,129)(H,115,116)(H,117,118)(H,119,120)(H4,88,89,91)/t43-,44-,45-,50-,52-,53-,54-,55-,56-,57-,58-,59-,60-,61-,69-/m0/s1. The van der Waals surface area contributed by atoms with Crippen LogP contribution in [0.2, 0.25) is 0 Å². The molecule has 3 aliphatic heterocycles. The molecule has 1 aromatic heterocycles. The highest BCUT2D eigenvalue weighted by molar-refractivity contribution is 6.02. The molecule has 31 N–H and O–H groups in total. The number of para-hydroxylation sites is 1. The van der Waals surface area contributed by atoms with Gasteiger partial charge in [-0.2, -0.15) is 0 Å². The number of rotatable bonds is 25. The summed E-state index contributed by atoms with van der Waals surface area (Å²) in [5.41, 5.74) is 24.5. The number of phenols is 1. The molecular weight excluding hydrogens is 1760 g/mol. The van der Waals surface area contributed by atoms with Crippen molar-refractivity contribution in [3.63, 3.8) is 0 Å². The zero-order chi connectivity index (χ0) is 99.0. The first kappa shape index (κ1) is 109. The highest BCUT2D eigenvalue weighted by atomic mass is 16.4. The molecule has 3 aromatic rings. The van der Waals surface area contributed by atoms with Gasteiger partial charge in [-0.25, -0.2) is 0 Å². The first-order valence-electron chi connectivity index (χ1n) is 44.1. The predicted molar refractivity (Wildman–Crippen MR) is 473 cm³/mol. The topological polar surface area (TPSA) is 802 Å². The van der Waals surface area contributed by atoms with Gasteiger partial charge in [-0.3, -0.25) is 106 Å². The van der Waals surface area contributed by atoms with Crippen molar-refractivity contribution in [2.24, 2.45) is 22.9 Å². The molecule has 3 fully saturated rings. The van der Waals surface area contributed by atoms with E-state index in [0.717, 1.165) is 18.7 Å². The molecule has 2 aromatic carbocycles. The van der Waals surface area contributed by atoms with Crippen molar-refractivity contribution in [1.82, 2.24) is 99.9 Å². The average molecular weight is 1890 g/mol. The summed E-state index contributed by atoms with van der Waals surface area (Å²) < 4.78 is 0. The number of aromatic amines is 1. The summed E-state index contributed by atoms with van der Waals surface area (Å²) in [7, 11) is 0. The highest BCUT2D eigenvalue weighted by Gasteiger charge is 2.44. The zero-order valence-corrected chi connectivity index (χ0v) is 74.6. The maximum atomic E-state index is 15.0. The van der Waals surface area contributed by atoms with Crippen LogP contribution in [0.15, 0.2) is 54.7 Å². The first-order chi connectivity index (χ1) is 63.5. The fourth-order valence-electron chi connectivity index (χ4n) is 14.9. The van der Waals surface area contributed by atoms with Gasteiger partial charge in [0.05, 0.1) is 31.8 Å². The number of aromatic hydroxyl groups is 1. The molecule has 18 amide bonds. The Morgan fingerprint density at radius 2 is 0.910 bits per heavy atom. The second-order valence-electron chi connectivity index (χ2n) is 32.8. The van der Waals surface area contributed by atoms with Crippen LogP contribution in [0.5, 0.6) is 5.75 Å². The zero-order valence-electron chi connectivity index (χ0n) is 74.6. The minimum atomic E-state index is -1.99. The van der Waals surface area contributed by atoms with E-state index >= 15 is 0 Å². The van der Waals surface area contributed by atoms with Crippen molar-refractivity contribution >= 4 is 141 Å². The summed E-state index contributed by atoms with van der Waals surface area (Å²) in [5.74, 6) is -23.2. The van der Waals surface area contributed by atoms with E-state index in [-0.39, 0.29) is 122 Å². The van der Waals surface area contributed by atoms with E-state index in [2.05, 4.69) is 90.1 Å². The number of unbranched alkanes of at least 4 members (excludes halogenated alkanes) is 1. The lowest BCUT2D eigenvalue weighted by Crippen LogP contribution is -2.61. The smallest absolute Gasteiger partial charge is 0.303 e. The van der Waals surface area contributed by atoms with Gasteiger partial charge in [-0.05, 0) is 159 Å². The number of aliphatic hydroxyl groups excluding tert-OH is 1. The lowest BCUT2D eigenvalue weighted by molar-refractivity contribution is -0.145. The van der Waals surface area contributed by atoms with Crippen LogP contribution in [0.25, 0.3) is 10.9 Å². The van der Waals surface area contributed by atoms with Crippen molar-refractivity contribution in [2.75, 3.05) is 52.4 Å². The number of nitrogens with zero attached hydrogens (tertiary/aromatic N) is 2. The molecule has 6 rings (SSSR count). The third-order valence-electron chi connectivity index (χ3n) is 22.2. The lowest BCUT2D eigenvalue weighted by Gasteiger charge is -2.32. The number of amides is 18. The molecule has 0 aliphatic carbocycles. The van der Waals surface area contributed by atoms with Crippen LogP contribution in [0.4, 0.5) is 0 Å². The van der Waals surface area contributed by atoms with Crippen LogP contribution < -0.4 is 108 Å². The van der Waals surface area contributed by atoms with Gasteiger partial charge in [-0.1, -0.05) is 30.3 Å². The van der Waals surface area contributed by atoms with Gasteiger partial charge in [0.1, 0.15) is 84.3 Å². The second kappa shape index (κ2) is 54.6. The summed E-state index contributed by atoms with van der Waals surface area (Å²) in [6.45, 7) is 0.715. The maximum Gasteiger partial charge on any atom is 0.303 e. The molecule has 50 nitrogen and oxygen atoms in total. The van der Waals surface area contributed by atoms with Gasteiger partial charge in [0.2, 0.25) is 106 Å². The van der Waals surface area contributed by atoms with Crippen molar-refractivity contribution in [3.05, 3.63) is 65.9 Å². The van der Waals surface area contributed by atoms with E-state index in [0.29, 0.717) is 28.5 Å². The maximum absolute atomic E-state index is 15.0. The van der Waals surface area contributed by atoms with Gasteiger partial charge in [0, 0.05) is 81.8 Å². The molecule has 0 spiro atoms. The van der Waals surface area contributed by atoms with Crippen LogP contribution >= 0.6 is 0 Å². The molecule has 50 heteroatoms. The lowest BCUT2D eigenvalue weighted by atomic mass is 10.0. The van der Waals surface area contributed by atoms with Crippen LogP contribution in [-0.2, 0) is 114 Å². The van der Waals surface area contributed by atoms with Gasteiger partial charge >= 0.3 is 17.9 Å². The normalized spacial score (nSPS) is 25.0. The van der Waals surface area contributed by atoms with Gasteiger partial charge in [0.25, 0.3) is 0 Å². The number of aliphatic hydroxyl groups is 1. The Balaban J connectivity index is 1.29. The number of H-pyrrole nitrogens is 1. The number of benzene rings is 2. The Morgan fingerprint density at radius 1 is 0.463 bits per heavy atom. The summed E-state index contributed by atoms with van der Waals surface area (Å²) in [4.78, 5) is 294. The first-order valence-corrected chi connectivity index (χ1v) is 44.1. The Hall–Kier alpha value is -14.2. The number of carboxylic acid groups (broad SMARTS) is 3. The number of hydrogen-bond donors (Lipinski definition) is 27. The van der Waals surface area contributed by atoms with E-state index in [4.69, 9.17) is 28.3 Å². The van der Waals surface area contributed by atoms with E-state index < -0.39 is 292 Å². The minimum absolute atomic E-state index is 0.0237. The molecule has 736 valence electrons. The van der Waals surface area contributed by atoms with E-state index in [1.165, 1.54) is 36.1 Å². The molecule has 0 unspecified atom stereocenters. The number of nitrogens with two attached hydrogens (primary N) is 4. The van der Waals surface area contributed by atoms with Crippen LogP contribution in [0, 0.1) is 5.41 Å². The second-order valence-corrected chi connectivity index (χ2v) is 32.8. The van der Waals surface area contributed by atoms with Crippen LogP contribution in [-0.4, -0.2) is 314 Å². The highest BCUT2D eigenvalue weighted by Crippen LogP contribution is 2.25. The number of carbonyl (C=O) groups excluding carboxylic acids is 18. The Morgan fingerprint density at radius 3 is 1.48 bits per heavy atom. The molecule has 3 aliphatic rings. The number of carboxylic acids is 3. The SMILES string of the molecule is C[C@@H]1NC(=O)CNC(=O)[C@H](CCC(=O)O)NC(=O)[C@@H]2CCCN2C(=O)[C@H]([C@H](C)O)NC(=O)[C@H](CCC(=O)O)NC(=O)[C@H](CCCNC(=N)N)NC(=O)[C@H](CCC(N)=O)NC(=O)CNC(=O)[C@@H](N)CCCCNC(=O)CNC(=O)[C@H](Cc2ccc(O)cc2)NC(=O)[C@H](Cc2c[nH]c3ccccc23)NC(=O)[C@@H]2CCCN2C(=O)[C@H](CCCCN)NC(=O)[C@H](C)NC(=O)[C@H](CCC(=O)O)NC1=O. The molecule has 0 bridgehead atoms. The quantitative estimate of drug-likeness (QED) is 0.0213.